The fourth-order valence-electron chi connectivity index (χ4n) is 1.85. The summed E-state index contributed by atoms with van der Waals surface area (Å²) >= 11 is 4.78. The Labute approximate surface area is 121 Å². The maximum absolute atomic E-state index is 5.75. The number of hydrogen-bond acceptors (Lipinski definition) is 4. The van der Waals surface area contributed by atoms with Gasteiger partial charge in [-0.3, -0.25) is 0 Å². The van der Waals surface area contributed by atoms with Crippen LogP contribution in [0.25, 0.3) is 22.6 Å². The quantitative estimate of drug-likeness (QED) is 0.746. The highest BCUT2D eigenvalue weighted by Crippen LogP contribution is 2.26. The van der Waals surface area contributed by atoms with E-state index in [9.17, 15) is 0 Å². The van der Waals surface area contributed by atoms with Crippen LogP contribution in [0.15, 0.2) is 52.9 Å². The summed E-state index contributed by atoms with van der Waals surface area (Å²) in [6.07, 6.45) is 0. The fourth-order valence-corrected chi connectivity index (χ4v) is 1.91. The number of oxazole rings is 1. The largest absolute Gasteiger partial charge is 0.486 e. The van der Waals surface area contributed by atoms with E-state index in [1.807, 2.05) is 42.5 Å². The molecule has 1 heterocycles. The van der Waals surface area contributed by atoms with Gasteiger partial charge in [-0.15, -0.1) is 0 Å². The predicted octanol–water partition coefficient (Wildman–Crippen LogP) is 3.16. The van der Waals surface area contributed by atoms with E-state index in [1.165, 1.54) is 0 Å². The Bertz CT molecular complexity index is 753. The standard InChI is InChI=1S/C15H12N2O2S/c16-14(20)9-18-11-6-7-12-13(8-11)19-15(17-12)10-4-2-1-3-5-10/h1-8H,9H2,(H2,16,20). The van der Waals surface area contributed by atoms with Crippen molar-refractivity contribution >= 4 is 28.3 Å². The molecule has 2 N–H and O–H groups in total. The molecule has 4 nitrogen and oxygen atoms in total. The number of fused-ring (bicyclic) bond motifs is 1. The number of ether oxygens (including phenoxy) is 1. The van der Waals surface area contributed by atoms with Gasteiger partial charge < -0.3 is 14.9 Å². The molecule has 0 atom stereocenters. The summed E-state index contributed by atoms with van der Waals surface area (Å²) in [5.41, 5.74) is 7.80. The molecular weight excluding hydrogens is 272 g/mol. The fraction of sp³-hybridized carbons (Fsp3) is 0.0667. The maximum Gasteiger partial charge on any atom is 0.227 e. The lowest BCUT2D eigenvalue weighted by Crippen LogP contribution is -2.17. The molecule has 0 fully saturated rings. The van der Waals surface area contributed by atoms with Crippen LogP contribution in [0.4, 0.5) is 0 Å². The molecule has 100 valence electrons. The normalized spacial score (nSPS) is 10.6. The van der Waals surface area contributed by atoms with Crippen molar-refractivity contribution in [1.29, 1.82) is 0 Å². The van der Waals surface area contributed by atoms with Crippen molar-refractivity contribution in [2.24, 2.45) is 5.73 Å². The second-order valence-electron chi connectivity index (χ2n) is 4.27. The molecular formula is C15H12N2O2S. The van der Waals surface area contributed by atoms with Crippen LogP contribution in [0, 0.1) is 0 Å². The van der Waals surface area contributed by atoms with Crippen molar-refractivity contribution in [2.75, 3.05) is 6.61 Å². The molecule has 3 rings (SSSR count). The average Bonchev–Trinajstić information content (AvgIpc) is 2.89. The summed E-state index contributed by atoms with van der Waals surface area (Å²) in [4.78, 5) is 4.76. The van der Waals surface area contributed by atoms with Crippen LogP contribution < -0.4 is 10.5 Å². The summed E-state index contributed by atoms with van der Waals surface area (Å²) in [6.45, 7) is 0.209. The van der Waals surface area contributed by atoms with E-state index in [1.54, 1.807) is 6.07 Å². The van der Waals surface area contributed by atoms with E-state index in [0.29, 0.717) is 22.2 Å². The Morgan fingerprint density at radius 3 is 2.75 bits per heavy atom. The highest BCUT2D eigenvalue weighted by atomic mass is 32.1. The van der Waals surface area contributed by atoms with Gasteiger partial charge in [0.15, 0.2) is 5.58 Å². The predicted molar refractivity (Wildman–Crippen MR) is 81.7 cm³/mol. The van der Waals surface area contributed by atoms with Gasteiger partial charge in [-0.05, 0) is 24.3 Å². The topological polar surface area (TPSA) is 61.3 Å². The van der Waals surface area contributed by atoms with Crippen molar-refractivity contribution in [3.05, 3.63) is 48.5 Å². The summed E-state index contributed by atoms with van der Waals surface area (Å²) in [7, 11) is 0. The van der Waals surface area contributed by atoms with Gasteiger partial charge in [-0.2, -0.15) is 0 Å². The molecule has 0 spiro atoms. The molecule has 0 saturated heterocycles. The van der Waals surface area contributed by atoms with E-state index >= 15 is 0 Å². The number of nitrogens with zero attached hydrogens (tertiary/aromatic N) is 1. The van der Waals surface area contributed by atoms with Gasteiger partial charge in [-0.25, -0.2) is 4.98 Å². The third-order valence-electron chi connectivity index (χ3n) is 2.76. The van der Waals surface area contributed by atoms with Crippen LogP contribution >= 0.6 is 12.2 Å². The van der Waals surface area contributed by atoms with E-state index in [4.69, 9.17) is 27.1 Å². The lowest BCUT2D eigenvalue weighted by Gasteiger charge is -2.03. The van der Waals surface area contributed by atoms with Gasteiger partial charge in [0.05, 0.1) is 0 Å². The molecule has 5 heteroatoms. The van der Waals surface area contributed by atoms with Crippen LogP contribution in [0.5, 0.6) is 5.75 Å². The molecule has 2 aromatic carbocycles. The highest BCUT2D eigenvalue weighted by Gasteiger charge is 2.08. The Kier molecular flexibility index (Phi) is 3.35. The molecule has 0 radical (unpaired) electrons. The molecule has 0 aliphatic rings. The second kappa shape index (κ2) is 5.30. The first-order valence-electron chi connectivity index (χ1n) is 6.09. The van der Waals surface area contributed by atoms with Crippen LogP contribution in [0.2, 0.25) is 0 Å². The van der Waals surface area contributed by atoms with Gasteiger partial charge in [0, 0.05) is 11.6 Å². The number of thiocarbonyl (C=S) groups is 1. The smallest absolute Gasteiger partial charge is 0.227 e. The minimum Gasteiger partial charge on any atom is -0.486 e. The number of rotatable bonds is 4. The molecule has 0 aliphatic carbocycles. The van der Waals surface area contributed by atoms with Crippen LogP contribution in [-0.2, 0) is 0 Å². The van der Waals surface area contributed by atoms with Crippen LogP contribution in [0.1, 0.15) is 0 Å². The third-order valence-corrected chi connectivity index (χ3v) is 2.88. The summed E-state index contributed by atoms with van der Waals surface area (Å²) < 4.78 is 11.2. The first-order valence-corrected chi connectivity index (χ1v) is 6.50. The van der Waals surface area contributed by atoms with Crippen LogP contribution in [-0.4, -0.2) is 16.6 Å². The first-order chi connectivity index (χ1) is 9.72. The lowest BCUT2D eigenvalue weighted by molar-refractivity contribution is 0.377. The zero-order valence-corrected chi connectivity index (χ0v) is 11.4. The van der Waals surface area contributed by atoms with Gasteiger partial charge in [0.1, 0.15) is 22.9 Å². The summed E-state index contributed by atoms with van der Waals surface area (Å²) in [5, 5.41) is 0. The Morgan fingerprint density at radius 1 is 1.20 bits per heavy atom. The molecule has 0 amide bonds. The number of hydrogen-bond donors (Lipinski definition) is 1. The minimum atomic E-state index is 0.209. The number of nitrogens with two attached hydrogens (primary N) is 1. The number of aromatic nitrogens is 1. The van der Waals surface area contributed by atoms with E-state index in [0.717, 1.165) is 11.1 Å². The average molecular weight is 284 g/mol. The first kappa shape index (κ1) is 12.6. The van der Waals surface area contributed by atoms with Crippen molar-refractivity contribution in [2.45, 2.75) is 0 Å². The molecule has 3 aromatic rings. The Balaban J connectivity index is 1.93. The van der Waals surface area contributed by atoms with Crippen molar-refractivity contribution < 1.29 is 9.15 Å². The van der Waals surface area contributed by atoms with Crippen LogP contribution in [0.3, 0.4) is 0 Å². The molecule has 1 aromatic heterocycles. The maximum atomic E-state index is 5.75. The van der Waals surface area contributed by atoms with E-state index < -0.39 is 0 Å². The minimum absolute atomic E-state index is 0.209. The van der Waals surface area contributed by atoms with Gasteiger partial charge in [0.25, 0.3) is 0 Å². The molecule has 0 unspecified atom stereocenters. The van der Waals surface area contributed by atoms with E-state index in [2.05, 4.69) is 4.98 Å². The highest BCUT2D eigenvalue weighted by molar-refractivity contribution is 7.80. The third kappa shape index (κ3) is 2.62. The van der Waals surface area contributed by atoms with Crippen molar-refractivity contribution in [3.63, 3.8) is 0 Å². The molecule has 0 bridgehead atoms. The molecule has 0 saturated carbocycles. The molecule has 20 heavy (non-hydrogen) atoms. The van der Waals surface area contributed by atoms with Gasteiger partial charge in [-0.1, -0.05) is 30.4 Å². The molecule has 0 aliphatic heterocycles. The Hall–Kier alpha value is -2.40. The van der Waals surface area contributed by atoms with Crippen molar-refractivity contribution in [3.8, 4) is 17.2 Å². The van der Waals surface area contributed by atoms with E-state index in [-0.39, 0.29) is 6.61 Å². The SMILES string of the molecule is NC(=S)COc1ccc2nc(-c3ccccc3)oc2c1. The monoisotopic (exact) mass is 284 g/mol. The Morgan fingerprint density at radius 2 is 2.00 bits per heavy atom. The number of benzene rings is 2. The second-order valence-corrected chi connectivity index (χ2v) is 4.79. The zero-order valence-electron chi connectivity index (χ0n) is 10.6. The summed E-state index contributed by atoms with van der Waals surface area (Å²) in [5.74, 6) is 1.24. The zero-order chi connectivity index (χ0) is 13.9. The summed E-state index contributed by atoms with van der Waals surface area (Å²) in [6, 6.07) is 15.2. The van der Waals surface area contributed by atoms with Crippen molar-refractivity contribution in [1.82, 2.24) is 4.98 Å². The van der Waals surface area contributed by atoms with Gasteiger partial charge >= 0.3 is 0 Å². The van der Waals surface area contributed by atoms with Gasteiger partial charge in [0.2, 0.25) is 5.89 Å². The lowest BCUT2D eigenvalue weighted by atomic mass is 10.2.